The van der Waals surface area contributed by atoms with E-state index in [0.717, 1.165) is 12.8 Å². The Morgan fingerprint density at radius 2 is 2.00 bits per heavy atom. The van der Waals surface area contributed by atoms with Crippen LogP contribution in [0.2, 0.25) is 0 Å². The maximum Gasteiger partial charge on any atom is 0.401 e. The molecule has 3 atom stereocenters. The van der Waals surface area contributed by atoms with E-state index in [2.05, 4.69) is 13.0 Å². The lowest BCUT2D eigenvalue weighted by Crippen LogP contribution is -2.48. The fourth-order valence-electron chi connectivity index (χ4n) is 2.78. The molecule has 0 radical (unpaired) electrons. The predicted molar refractivity (Wildman–Crippen MR) is 63.8 cm³/mol. The van der Waals surface area contributed by atoms with Crippen LogP contribution in [0.15, 0.2) is 0 Å². The lowest BCUT2D eigenvalue weighted by atomic mass is 9.79. The monoisotopic (exact) mass is 262 g/mol. The first kappa shape index (κ1) is 15.3. The van der Waals surface area contributed by atoms with E-state index in [1.54, 1.807) is 0 Å². The Morgan fingerprint density at radius 1 is 1.33 bits per heavy atom. The number of rotatable bonds is 4. The molecule has 5 heteroatoms. The van der Waals surface area contributed by atoms with Crippen molar-refractivity contribution in [2.24, 2.45) is 11.8 Å². The molecule has 0 aromatic carbocycles. The molecular weight excluding hydrogens is 241 g/mol. The zero-order valence-electron chi connectivity index (χ0n) is 11.0. The molecule has 1 aliphatic rings. The molecule has 18 heavy (non-hydrogen) atoms. The highest BCUT2D eigenvalue weighted by Crippen LogP contribution is 2.33. The molecule has 1 rings (SSSR count). The average Bonchev–Trinajstić information content (AvgIpc) is 2.26. The Hall–Kier alpha value is -0.760. The van der Waals surface area contributed by atoms with Crippen molar-refractivity contribution in [2.75, 3.05) is 13.1 Å². The van der Waals surface area contributed by atoms with Gasteiger partial charge in [-0.25, -0.2) is 0 Å². The van der Waals surface area contributed by atoms with E-state index in [9.17, 15) is 13.2 Å². The van der Waals surface area contributed by atoms with E-state index in [4.69, 9.17) is 5.26 Å². The van der Waals surface area contributed by atoms with E-state index in [1.807, 2.05) is 6.92 Å². The lowest BCUT2D eigenvalue weighted by molar-refractivity contribution is -0.154. The molecule has 0 bridgehead atoms. The molecule has 1 saturated carbocycles. The van der Waals surface area contributed by atoms with Crippen molar-refractivity contribution in [3.63, 3.8) is 0 Å². The third-order valence-electron chi connectivity index (χ3n) is 3.61. The number of alkyl halides is 3. The summed E-state index contributed by atoms with van der Waals surface area (Å²) in [5.74, 6) is 0.155. The van der Waals surface area contributed by atoms with Gasteiger partial charge in [0, 0.05) is 6.04 Å². The second-order valence-electron chi connectivity index (χ2n) is 5.31. The zero-order valence-corrected chi connectivity index (χ0v) is 11.0. The van der Waals surface area contributed by atoms with Gasteiger partial charge in [-0.05, 0) is 38.1 Å². The molecule has 0 aromatic rings. The van der Waals surface area contributed by atoms with Gasteiger partial charge in [0.2, 0.25) is 0 Å². The molecule has 0 N–H and O–H groups in total. The molecule has 1 fully saturated rings. The fourth-order valence-corrected chi connectivity index (χ4v) is 2.78. The minimum absolute atomic E-state index is 0.236. The van der Waals surface area contributed by atoms with E-state index >= 15 is 0 Å². The number of nitrogens with zero attached hydrogens (tertiary/aromatic N) is 2. The molecule has 0 aliphatic heterocycles. The van der Waals surface area contributed by atoms with Gasteiger partial charge in [0.15, 0.2) is 0 Å². The average molecular weight is 262 g/mol. The summed E-state index contributed by atoms with van der Waals surface area (Å²) in [4.78, 5) is 1.46. The van der Waals surface area contributed by atoms with Crippen LogP contribution < -0.4 is 0 Å². The third-order valence-corrected chi connectivity index (χ3v) is 3.61. The fraction of sp³-hybridized carbons (Fsp3) is 0.923. The molecule has 0 spiro atoms. The summed E-state index contributed by atoms with van der Waals surface area (Å²) in [6.07, 6.45) is -1.13. The van der Waals surface area contributed by atoms with Crippen LogP contribution in [0.3, 0.4) is 0 Å². The summed E-state index contributed by atoms with van der Waals surface area (Å²) in [7, 11) is 0. The summed E-state index contributed by atoms with van der Waals surface area (Å²) < 4.78 is 37.8. The number of hydrogen-bond acceptors (Lipinski definition) is 2. The highest BCUT2D eigenvalue weighted by atomic mass is 19.4. The second-order valence-corrected chi connectivity index (χ2v) is 5.31. The molecule has 3 unspecified atom stereocenters. The molecule has 0 amide bonds. The molecule has 1 aliphatic carbocycles. The van der Waals surface area contributed by atoms with Crippen molar-refractivity contribution in [3.05, 3.63) is 0 Å². The van der Waals surface area contributed by atoms with Gasteiger partial charge < -0.3 is 0 Å². The SMILES string of the molecule is CCCN(CC(F)(F)F)C1CC(C)CCC1C#N. The summed E-state index contributed by atoms with van der Waals surface area (Å²) >= 11 is 0. The molecule has 2 nitrogen and oxygen atoms in total. The molecule has 0 saturated heterocycles. The van der Waals surface area contributed by atoms with Crippen LogP contribution in [0, 0.1) is 23.2 Å². The van der Waals surface area contributed by atoms with Gasteiger partial charge in [-0.1, -0.05) is 13.8 Å². The van der Waals surface area contributed by atoms with Crippen molar-refractivity contribution in [2.45, 2.75) is 51.7 Å². The van der Waals surface area contributed by atoms with Crippen LogP contribution in [0.25, 0.3) is 0 Å². The normalized spacial score (nSPS) is 29.3. The Bertz CT molecular complexity index is 296. The lowest BCUT2D eigenvalue weighted by Gasteiger charge is -2.39. The first-order valence-electron chi connectivity index (χ1n) is 6.57. The molecule has 0 aromatic heterocycles. The number of halogens is 3. The maximum absolute atomic E-state index is 12.6. The van der Waals surface area contributed by atoms with Crippen LogP contribution in [0.5, 0.6) is 0 Å². The van der Waals surface area contributed by atoms with Gasteiger partial charge >= 0.3 is 6.18 Å². The van der Waals surface area contributed by atoms with E-state index in [1.165, 1.54) is 4.90 Å². The number of nitriles is 1. The van der Waals surface area contributed by atoms with E-state index in [-0.39, 0.29) is 12.0 Å². The van der Waals surface area contributed by atoms with Crippen LogP contribution in [0.1, 0.15) is 39.5 Å². The van der Waals surface area contributed by atoms with Crippen LogP contribution in [-0.2, 0) is 0 Å². The minimum atomic E-state index is -4.18. The van der Waals surface area contributed by atoms with Gasteiger partial charge in [0.25, 0.3) is 0 Å². The highest BCUT2D eigenvalue weighted by Gasteiger charge is 2.38. The first-order valence-corrected chi connectivity index (χ1v) is 6.57. The predicted octanol–water partition coefficient (Wildman–Crippen LogP) is 3.59. The van der Waals surface area contributed by atoms with Crippen LogP contribution >= 0.6 is 0 Å². The highest BCUT2D eigenvalue weighted by molar-refractivity contribution is 4.97. The van der Waals surface area contributed by atoms with Gasteiger partial charge in [-0.3, -0.25) is 4.90 Å². The standard InChI is InChI=1S/C13H21F3N2/c1-3-6-18(9-13(14,15)16)12-7-10(2)4-5-11(12)8-17/h10-12H,3-7,9H2,1-2H3. The summed E-state index contributed by atoms with van der Waals surface area (Å²) in [6.45, 7) is 3.45. The van der Waals surface area contributed by atoms with Crippen molar-refractivity contribution in [1.82, 2.24) is 4.90 Å². The van der Waals surface area contributed by atoms with Crippen molar-refractivity contribution in [3.8, 4) is 6.07 Å². The largest absolute Gasteiger partial charge is 0.401 e. The van der Waals surface area contributed by atoms with Gasteiger partial charge in [-0.15, -0.1) is 0 Å². The first-order chi connectivity index (χ1) is 8.37. The summed E-state index contributed by atoms with van der Waals surface area (Å²) in [5, 5.41) is 9.11. The van der Waals surface area contributed by atoms with E-state index in [0.29, 0.717) is 25.3 Å². The quantitative estimate of drug-likeness (QED) is 0.774. The van der Waals surface area contributed by atoms with Crippen LogP contribution in [0.4, 0.5) is 13.2 Å². The summed E-state index contributed by atoms with van der Waals surface area (Å²) in [5.41, 5.74) is 0. The maximum atomic E-state index is 12.6. The summed E-state index contributed by atoms with van der Waals surface area (Å²) in [6, 6.07) is 1.95. The zero-order chi connectivity index (χ0) is 13.8. The van der Waals surface area contributed by atoms with Crippen molar-refractivity contribution < 1.29 is 13.2 Å². The third kappa shape index (κ3) is 4.49. The van der Waals surface area contributed by atoms with Gasteiger partial charge in [-0.2, -0.15) is 18.4 Å². The van der Waals surface area contributed by atoms with Crippen molar-refractivity contribution in [1.29, 1.82) is 5.26 Å². The van der Waals surface area contributed by atoms with E-state index < -0.39 is 12.7 Å². The Balaban J connectivity index is 2.78. The minimum Gasteiger partial charge on any atom is -0.291 e. The van der Waals surface area contributed by atoms with Gasteiger partial charge in [0.05, 0.1) is 18.5 Å². The smallest absolute Gasteiger partial charge is 0.291 e. The Kier molecular flexibility index (Phi) is 5.46. The van der Waals surface area contributed by atoms with Crippen LogP contribution in [-0.4, -0.2) is 30.2 Å². The topological polar surface area (TPSA) is 27.0 Å². The molecule has 0 heterocycles. The second kappa shape index (κ2) is 6.42. The number of hydrogen-bond donors (Lipinski definition) is 0. The Morgan fingerprint density at radius 3 is 2.50 bits per heavy atom. The van der Waals surface area contributed by atoms with Crippen molar-refractivity contribution >= 4 is 0 Å². The molecular formula is C13H21F3N2. The molecule has 104 valence electrons. The van der Waals surface area contributed by atoms with Gasteiger partial charge in [0.1, 0.15) is 0 Å². The Labute approximate surface area is 107 Å².